The van der Waals surface area contributed by atoms with Gasteiger partial charge in [-0.25, -0.2) is 0 Å². The van der Waals surface area contributed by atoms with Crippen molar-refractivity contribution in [2.24, 2.45) is 0 Å². The van der Waals surface area contributed by atoms with E-state index in [1.165, 1.54) is 5.69 Å². The fourth-order valence-corrected chi connectivity index (χ4v) is 3.12. The molecule has 6 nitrogen and oxygen atoms in total. The summed E-state index contributed by atoms with van der Waals surface area (Å²) in [5, 5.41) is 6.33. The van der Waals surface area contributed by atoms with Crippen LogP contribution >= 0.6 is 0 Å². The van der Waals surface area contributed by atoms with Crippen molar-refractivity contribution in [3.8, 4) is 0 Å². The van der Waals surface area contributed by atoms with Gasteiger partial charge in [0.1, 0.15) is 0 Å². The zero-order chi connectivity index (χ0) is 17.9. The van der Waals surface area contributed by atoms with Crippen LogP contribution in [0, 0.1) is 0 Å². The number of carbonyl (C=O) groups is 1. The molecule has 2 aliphatic rings. The number of nitrogens with zero attached hydrogens (tertiary/aromatic N) is 3. The van der Waals surface area contributed by atoms with Crippen LogP contribution < -0.4 is 15.5 Å². The highest BCUT2D eigenvalue weighted by Gasteiger charge is 2.24. The highest BCUT2D eigenvalue weighted by atomic mass is 16.1. The fourth-order valence-electron chi connectivity index (χ4n) is 3.12. The van der Waals surface area contributed by atoms with E-state index in [0.29, 0.717) is 11.6 Å². The molecule has 0 radical (unpaired) electrons. The Hall–Kier alpha value is -2.60. The highest BCUT2D eigenvalue weighted by Crippen LogP contribution is 2.23. The minimum Gasteiger partial charge on any atom is -0.369 e. The van der Waals surface area contributed by atoms with E-state index in [1.54, 1.807) is 12.4 Å². The van der Waals surface area contributed by atoms with E-state index in [9.17, 15) is 4.79 Å². The van der Waals surface area contributed by atoms with Crippen LogP contribution in [0.1, 0.15) is 23.2 Å². The van der Waals surface area contributed by atoms with Crippen molar-refractivity contribution in [1.29, 1.82) is 0 Å². The number of benzene rings is 1. The highest BCUT2D eigenvalue weighted by molar-refractivity contribution is 5.95. The zero-order valence-corrected chi connectivity index (χ0v) is 15.1. The number of rotatable bonds is 5. The second-order valence-electron chi connectivity index (χ2n) is 7.17. The number of hydrogen-bond donors (Lipinski definition) is 2. The Kier molecular flexibility index (Phi) is 4.75. The predicted molar refractivity (Wildman–Crippen MR) is 104 cm³/mol. The van der Waals surface area contributed by atoms with Crippen molar-refractivity contribution < 1.29 is 4.79 Å². The Morgan fingerprint density at radius 1 is 1.04 bits per heavy atom. The molecule has 1 aromatic carbocycles. The summed E-state index contributed by atoms with van der Waals surface area (Å²) in [4.78, 5) is 21.1. The Balaban J connectivity index is 1.40. The number of hydrogen-bond acceptors (Lipinski definition) is 5. The maximum atomic E-state index is 12.2. The van der Waals surface area contributed by atoms with Crippen LogP contribution in [-0.4, -0.2) is 55.1 Å². The van der Waals surface area contributed by atoms with Crippen LogP contribution in [-0.2, 0) is 0 Å². The smallest absolute Gasteiger partial charge is 0.253 e. The molecule has 136 valence electrons. The molecule has 6 heteroatoms. The summed E-state index contributed by atoms with van der Waals surface area (Å²) >= 11 is 0. The van der Waals surface area contributed by atoms with Gasteiger partial charge in [-0.2, -0.15) is 0 Å². The summed E-state index contributed by atoms with van der Waals surface area (Å²) in [6.07, 6.45) is 5.51. The summed E-state index contributed by atoms with van der Waals surface area (Å²) in [7, 11) is 2.16. The maximum absolute atomic E-state index is 12.2. The van der Waals surface area contributed by atoms with E-state index in [4.69, 9.17) is 0 Å². The Morgan fingerprint density at radius 3 is 2.46 bits per heavy atom. The maximum Gasteiger partial charge on any atom is 0.253 e. The summed E-state index contributed by atoms with van der Waals surface area (Å²) in [6.45, 7) is 4.32. The van der Waals surface area contributed by atoms with Crippen molar-refractivity contribution in [2.75, 3.05) is 43.4 Å². The molecule has 1 aliphatic carbocycles. The van der Waals surface area contributed by atoms with E-state index < -0.39 is 0 Å². The van der Waals surface area contributed by atoms with Gasteiger partial charge in [-0.15, -0.1) is 0 Å². The summed E-state index contributed by atoms with van der Waals surface area (Å²) in [5.41, 5.74) is 3.65. The third-order valence-electron chi connectivity index (χ3n) is 4.94. The van der Waals surface area contributed by atoms with Gasteiger partial charge in [0.25, 0.3) is 5.91 Å². The second kappa shape index (κ2) is 7.33. The first-order valence-corrected chi connectivity index (χ1v) is 9.24. The Morgan fingerprint density at radius 2 is 1.77 bits per heavy atom. The van der Waals surface area contributed by atoms with E-state index in [-0.39, 0.29) is 5.91 Å². The molecule has 2 heterocycles. The molecule has 0 atom stereocenters. The topological polar surface area (TPSA) is 60.5 Å². The summed E-state index contributed by atoms with van der Waals surface area (Å²) in [5.74, 6) is -0.0472. The normalized spacial score (nSPS) is 17.8. The quantitative estimate of drug-likeness (QED) is 0.867. The number of aromatic nitrogens is 1. The lowest BCUT2D eigenvalue weighted by atomic mass is 10.2. The van der Waals surface area contributed by atoms with Gasteiger partial charge < -0.3 is 20.4 Å². The molecule has 1 amide bonds. The average molecular weight is 351 g/mol. The van der Waals surface area contributed by atoms with Crippen LogP contribution in [0.15, 0.2) is 42.7 Å². The predicted octanol–water partition coefficient (Wildman–Crippen LogP) is 2.47. The van der Waals surface area contributed by atoms with E-state index >= 15 is 0 Å². The molecule has 2 aromatic rings. The molecule has 26 heavy (non-hydrogen) atoms. The van der Waals surface area contributed by atoms with E-state index in [0.717, 1.165) is 50.4 Å². The first kappa shape index (κ1) is 16.8. The molecule has 0 bridgehead atoms. The van der Waals surface area contributed by atoms with Crippen LogP contribution in [0.2, 0.25) is 0 Å². The molecular formula is C20H25N5O. The fraction of sp³-hybridized carbons (Fsp3) is 0.400. The molecule has 0 spiro atoms. The molecule has 1 saturated carbocycles. The van der Waals surface area contributed by atoms with Gasteiger partial charge in [-0.3, -0.25) is 9.78 Å². The monoisotopic (exact) mass is 351 g/mol. The van der Waals surface area contributed by atoms with E-state index in [1.807, 2.05) is 6.07 Å². The number of carbonyl (C=O) groups excluding carboxylic acids is 1. The van der Waals surface area contributed by atoms with Crippen LogP contribution in [0.3, 0.4) is 0 Å². The van der Waals surface area contributed by atoms with E-state index in [2.05, 4.69) is 56.7 Å². The first-order valence-electron chi connectivity index (χ1n) is 9.24. The molecule has 4 rings (SSSR count). The molecule has 0 unspecified atom stereocenters. The number of anilines is 3. The van der Waals surface area contributed by atoms with Gasteiger partial charge in [-0.1, -0.05) is 0 Å². The van der Waals surface area contributed by atoms with Gasteiger partial charge in [0, 0.05) is 49.8 Å². The lowest BCUT2D eigenvalue weighted by molar-refractivity contribution is 0.0950. The average Bonchev–Trinajstić information content (AvgIpc) is 3.47. The number of likely N-dealkylation sites (N-methyl/N-ethyl adjacent to an activating group) is 1. The number of nitrogens with one attached hydrogen (secondary N) is 2. The van der Waals surface area contributed by atoms with Gasteiger partial charge >= 0.3 is 0 Å². The van der Waals surface area contributed by atoms with Gasteiger partial charge in [-0.05, 0) is 50.2 Å². The van der Waals surface area contributed by atoms with Crippen molar-refractivity contribution in [3.05, 3.63) is 48.3 Å². The summed E-state index contributed by atoms with van der Waals surface area (Å²) < 4.78 is 0. The lowest BCUT2D eigenvalue weighted by Crippen LogP contribution is -2.44. The number of piperazine rings is 1. The van der Waals surface area contributed by atoms with Crippen LogP contribution in [0.25, 0.3) is 0 Å². The lowest BCUT2D eigenvalue weighted by Gasteiger charge is -2.34. The SMILES string of the molecule is CN1CCN(c2ccc(Nc3cncc(C(=O)NC4CC4)c3)cc2)CC1. The zero-order valence-electron chi connectivity index (χ0n) is 15.1. The van der Waals surface area contributed by atoms with Crippen molar-refractivity contribution in [3.63, 3.8) is 0 Å². The van der Waals surface area contributed by atoms with Crippen LogP contribution in [0.5, 0.6) is 0 Å². The second-order valence-corrected chi connectivity index (χ2v) is 7.17. The van der Waals surface area contributed by atoms with Gasteiger partial charge in [0.2, 0.25) is 0 Å². The largest absolute Gasteiger partial charge is 0.369 e. The minimum absolute atomic E-state index is 0.0472. The summed E-state index contributed by atoms with van der Waals surface area (Å²) in [6, 6.07) is 10.6. The molecule has 2 N–H and O–H groups in total. The molecule has 1 aromatic heterocycles. The van der Waals surface area contributed by atoms with Crippen molar-refractivity contribution in [2.45, 2.75) is 18.9 Å². The number of pyridine rings is 1. The van der Waals surface area contributed by atoms with Crippen LogP contribution in [0.4, 0.5) is 17.1 Å². The molecule has 1 aliphatic heterocycles. The van der Waals surface area contributed by atoms with Crippen molar-refractivity contribution in [1.82, 2.24) is 15.2 Å². The standard InChI is InChI=1S/C20H25N5O/c1-24-8-10-25(11-9-24)19-6-4-16(5-7-19)22-18-12-15(13-21-14-18)20(26)23-17-2-3-17/h4-7,12-14,17,22H,2-3,8-11H2,1H3,(H,23,26). The van der Waals surface area contributed by atoms with Gasteiger partial charge in [0.15, 0.2) is 0 Å². The first-order chi connectivity index (χ1) is 12.7. The van der Waals surface area contributed by atoms with Crippen molar-refractivity contribution >= 4 is 23.0 Å². The third kappa shape index (κ3) is 4.14. The Labute approximate surface area is 154 Å². The molecular weight excluding hydrogens is 326 g/mol. The number of amides is 1. The minimum atomic E-state index is -0.0472. The van der Waals surface area contributed by atoms with Gasteiger partial charge in [0.05, 0.1) is 17.4 Å². The molecule has 2 fully saturated rings. The third-order valence-corrected chi connectivity index (χ3v) is 4.94. The molecule has 1 saturated heterocycles. The Bertz CT molecular complexity index is 764.